The molecule has 0 saturated heterocycles. The minimum absolute atomic E-state index is 0.214. The second-order valence-electron chi connectivity index (χ2n) is 2.16. The molecule has 2 N–H and O–H groups in total. The molecule has 1 atom stereocenters. The highest BCUT2D eigenvalue weighted by atomic mass is 35.5. The maximum atomic E-state index is 5.64. The van der Waals surface area contributed by atoms with E-state index in [2.05, 4.69) is 9.82 Å². The lowest BCUT2D eigenvalue weighted by molar-refractivity contribution is 0.0634. The summed E-state index contributed by atoms with van der Waals surface area (Å²) in [6.07, 6.45) is -0.214. The third kappa shape index (κ3) is 2.15. The van der Waals surface area contributed by atoms with Gasteiger partial charge in [0.1, 0.15) is 11.3 Å². The van der Waals surface area contributed by atoms with E-state index < -0.39 is 0 Å². The number of aromatic nitrogens is 1. The molecule has 0 bridgehead atoms. The van der Waals surface area contributed by atoms with Crippen LogP contribution in [0, 0.1) is 0 Å². The van der Waals surface area contributed by atoms with Gasteiger partial charge in [-0.2, -0.15) is 0 Å². The van der Waals surface area contributed by atoms with Crippen molar-refractivity contribution in [3.05, 3.63) is 29.0 Å². The Bertz CT molecular complexity index is 242. The average Bonchev–Trinajstić information content (AvgIpc) is 2.03. The first-order valence-corrected chi connectivity index (χ1v) is 3.60. The maximum Gasteiger partial charge on any atom is 0.129 e. The Balaban J connectivity index is 2.86. The Morgan fingerprint density at radius 2 is 2.36 bits per heavy atom. The van der Waals surface area contributed by atoms with Gasteiger partial charge >= 0.3 is 0 Å². The van der Waals surface area contributed by atoms with Crippen LogP contribution in [0.5, 0.6) is 0 Å². The molecule has 1 unspecified atom stereocenters. The number of nitrogens with zero attached hydrogens (tertiary/aromatic N) is 1. The third-order valence-corrected chi connectivity index (χ3v) is 1.57. The lowest BCUT2D eigenvalue weighted by Crippen LogP contribution is -2.06. The van der Waals surface area contributed by atoms with Crippen molar-refractivity contribution in [2.75, 3.05) is 0 Å². The van der Waals surface area contributed by atoms with Crippen LogP contribution in [0.1, 0.15) is 18.7 Å². The molecule has 4 heteroatoms. The fourth-order valence-electron chi connectivity index (χ4n) is 0.720. The molecule has 0 amide bonds. The van der Waals surface area contributed by atoms with E-state index in [1.807, 2.05) is 6.07 Å². The Hall–Kier alpha value is -0.640. The molecule has 60 valence electrons. The molecule has 3 nitrogen and oxygen atoms in total. The predicted molar refractivity (Wildman–Crippen MR) is 42.9 cm³/mol. The summed E-state index contributed by atoms with van der Waals surface area (Å²) in [5, 5.41) is 0.450. The number of rotatable bonds is 2. The highest BCUT2D eigenvalue weighted by molar-refractivity contribution is 6.29. The minimum atomic E-state index is -0.214. The van der Waals surface area contributed by atoms with E-state index in [1.54, 1.807) is 19.1 Å². The van der Waals surface area contributed by atoms with Gasteiger partial charge in [0.2, 0.25) is 0 Å². The van der Waals surface area contributed by atoms with E-state index in [0.717, 1.165) is 5.69 Å². The first-order valence-electron chi connectivity index (χ1n) is 3.22. The van der Waals surface area contributed by atoms with Crippen LogP contribution in [0.4, 0.5) is 0 Å². The topological polar surface area (TPSA) is 48.1 Å². The second-order valence-corrected chi connectivity index (χ2v) is 2.55. The SMILES string of the molecule is CC(ON)c1cccc(Cl)n1. The number of pyridine rings is 1. The Morgan fingerprint density at radius 1 is 1.64 bits per heavy atom. The molecule has 0 aliphatic rings. The van der Waals surface area contributed by atoms with Crippen molar-refractivity contribution in [1.82, 2.24) is 4.98 Å². The van der Waals surface area contributed by atoms with Crippen molar-refractivity contribution in [3.63, 3.8) is 0 Å². The van der Waals surface area contributed by atoms with Crippen LogP contribution in [0.2, 0.25) is 5.15 Å². The summed E-state index contributed by atoms with van der Waals surface area (Å²) >= 11 is 5.64. The molecular weight excluding hydrogens is 164 g/mol. The second kappa shape index (κ2) is 3.67. The van der Waals surface area contributed by atoms with Gasteiger partial charge in [-0.05, 0) is 19.1 Å². The van der Waals surface area contributed by atoms with E-state index >= 15 is 0 Å². The summed E-state index contributed by atoms with van der Waals surface area (Å²) in [5.41, 5.74) is 0.736. The van der Waals surface area contributed by atoms with Crippen molar-refractivity contribution in [2.24, 2.45) is 5.90 Å². The first kappa shape index (κ1) is 8.46. The molecule has 11 heavy (non-hydrogen) atoms. The van der Waals surface area contributed by atoms with Gasteiger partial charge in [0, 0.05) is 0 Å². The van der Waals surface area contributed by atoms with E-state index in [1.165, 1.54) is 0 Å². The van der Waals surface area contributed by atoms with Crippen LogP contribution in [0.15, 0.2) is 18.2 Å². The molecule has 0 saturated carbocycles. The van der Waals surface area contributed by atoms with Gasteiger partial charge in [-0.1, -0.05) is 17.7 Å². The van der Waals surface area contributed by atoms with Crippen LogP contribution in [-0.4, -0.2) is 4.98 Å². The van der Waals surface area contributed by atoms with Crippen LogP contribution in [0.3, 0.4) is 0 Å². The van der Waals surface area contributed by atoms with Crippen LogP contribution in [-0.2, 0) is 4.84 Å². The van der Waals surface area contributed by atoms with Crippen molar-refractivity contribution in [2.45, 2.75) is 13.0 Å². The molecule has 0 aliphatic heterocycles. The van der Waals surface area contributed by atoms with Gasteiger partial charge < -0.3 is 0 Å². The molecule has 0 aromatic carbocycles. The van der Waals surface area contributed by atoms with Gasteiger partial charge in [-0.25, -0.2) is 10.9 Å². The molecule has 0 radical (unpaired) electrons. The van der Waals surface area contributed by atoms with Gasteiger partial charge in [0.25, 0.3) is 0 Å². The summed E-state index contributed by atoms with van der Waals surface area (Å²) in [4.78, 5) is 8.57. The maximum absolute atomic E-state index is 5.64. The van der Waals surface area contributed by atoms with Crippen molar-refractivity contribution < 1.29 is 4.84 Å². The molecular formula is C7H9ClN2O. The standard InChI is InChI=1S/C7H9ClN2O/c1-5(11-9)6-3-2-4-7(8)10-6/h2-5H,9H2,1H3. The van der Waals surface area contributed by atoms with Crippen LogP contribution >= 0.6 is 11.6 Å². The summed E-state index contributed by atoms with van der Waals surface area (Å²) in [5.74, 6) is 4.97. The number of nitrogens with two attached hydrogens (primary N) is 1. The van der Waals surface area contributed by atoms with Crippen LogP contribution in [0.25, 0.3) is 0 Å². The first-order chi connectivity index (χ1) is 5.24. The summed E-state index contributed by atoms with van der Waals surface area (Å²) in [6.45, 7) is 1.80. The van der Waals surface area contributed by atoms with Gasteiger partial charge in [0.15, 0.2) is 0 Å². The smallest absolute Gasteiger partial charge is 0.129 e. The summed E-state index contributed by atoms with van der Waals surface area (Å²) < 4.78 is 0. The van der Waals surface area contributed by atoms with Crippen molar-refractivity contribution in [3.8, 4) is 0 Å². The number of hydrogen-bond acceptors (Lipinski definition) is 3. The molecule has 1 aromatic heterocycles. The van der Waals surface area contributed by atoms with Crippen molar-refractivity contribution in [1.29, 1.82) is 0 Å². The van der Waals surface area contributed by atoms with E-state index in [-0.39, 0.29) is 6.10 Å². The molecule has 0 aliphatic carbocycles. The molecule has 0 fully saturated rings. The zero-order valence-electron chi connectivity index (χ0n) is 6.12. The zero-order valence-corrected chi connectivity index (χ0v) is 6.88. The molecule has 1 aromatic rings. The monoisotopic (exact) mass is 172 g/mol. The lowest BCUT2D eigenvalue weighted by atomic mass is 10.2. The van der Waals surface area contributed by atoms with E-state index in [9.17, 15) is 0 Å². The number of hydrogen-bond donors (Lipinski definition) is 1. The highest BCUT2D eigenvalue weighted by Gasteiger charge is 2.04. The van der Waals surface area contributed by atoms with Gasteiger partial charge in [-0.3, -0.25) is 4.84 Å². The van der Waals surface area contributed by atoms with Crippen LogP contribution < -0.4 is 5.90 Å². The third-order valence-electron chi connectivity index (χ3n) is 1.36. The average molecular weight is 173 g/mol. The largest absolute Gasteiger partial charge is 0.295 e. The summed E-state index contributed by atoms with van der Waals surface area (Å²) in [7, 11) is 0. The molecule has 1 heterocycles. The molecule has 0 spiro atoms. The normalized spacial score (nSPS) is 13.0. The Morgan fingerprint density at radius 3 is 2.91 bits per heavy atom. The minimum Gasteiger partial charge on any atom is -0.295 e. The fourth-order valence-corrected chi connectivity index (χ4v) is 0.890. The summed E-state index contributed by atoms with van der Waals surface area (Å²) in [6, 6.07) is 5.32. The lowest BCUT2D eigenvalue weighted by Gasteiger charge is -2.06. The predicted octanol–water partition coefficient (Wildman–Crippen LogP) is 1.69. The fraction of sp³-hybridized carbons (Fsp3) is 0.286. The van der Waals surface area contributed by atoms with E-state index in [4.69, 9.17) is 17.5 Å². The Labute approximate surface area is 70.1 Å². The quantitative estimate of drug-likeness (QED) is 0.546. The number of halogens is 1. The zero-order chi connectivity index (χ0) is 8.27. The van der Waals surface area contributed by atoms with E-state index in [0.29, 0.717) is 5.15 Å². The highest BCUT2D eigenvalue weighted by Crippen LogP contribution is 2.13. The Kier molecular flexibility index (Phi) is 2.82. The van der Waals surface area contributed by atoms with Gasteiger partial charge in [-0.15, -0.1) is 0 Å². The van der Waals surface area contributed by atoms with Crippen molar-refractivity contribution >= 4 is 11.6 Å². The molecule has 1 rings (SSSR count). The van der Waals surface area contributed by atoms with Gasteiger partial charge in [0.05, 0.1) is 5.69 Å².